The van der Waals surface area contributed by atoms with E-state index in [0.717, 1.165) is 30.4 Å². The second-order valence-corrected chi connectivity index (χ2v) is 6.58. The van der Waals surface area contributed by atoms with E-state index >= 15 is 0 Å². The number of nitrogen functional groups attached to an aromatic ring is 1. The molecule has 0 saturated carbocycles. The lowest BCUT2D eigenvalue weighted by molar-refractivity contribution is 0.0732. The number of hydrogen-bond donors (Lipinski definition) is 1. The van der Waals surface area contributed by atoms with Gasteiger partial charge in [-0.2, -0.15) is 0 Å². The van der Waals surface area contributed by atoms with Gasteiger partial charge in [0, 0.05) is 19.6 Å². The third-order valence-corrected chi connectivity index (χ3v) is 4.86. The second kappa shape index (κ2) is 5.36. The number of thiazole rings is 1. The van der Waals surface area contributed by atoms with Gasteiger partial charge in [-0.3, -0.25) is 4.79 Å². The number of carbonyl (C=O) groups excluding carboxylic acids is 1. The van der Waals surface area contributed by atoms with E-state index in [-0.39, 0.29) is 11.8 Å². The highest BCUT2D eigenvalue weighted by Gasteiger charge is 2.30. The molecule has 8 heteroatoms. The van der Waals surface area contributed by atoms with Crippen LogP contribution in [0.4, 0.5) is 5.13 Å². The Labute approximate surface area is 131 Å². The van der Waals surface area contributed by atoms with E-state index in [1.54, 1.807) is 4.90 Å². The summed E-state index contributed by atoms with van der Waals surface area (Å²) in [5.41, 5.74) is 6.45. The molecule has 2 N–H and O–H groups in total. The van der Waals surface area contributed by atoms with Gasteiger partial charge in [-0.05, 0) is 6.42 Å². The van der Waals surface area contributed by atoms with Crippen molar-refractivity contribution in [3.05, 3.63) is 28.4 Å². The number of nitrogens with two attached hydrogens (primary N) is 1. The Morgan fingerprint density at radius 2 is 2.41 bits per heavy atom. The molecule has 2 aromatic rings. The summed E-state index contributed by atoms with van der Waals surface area (Å²) in [6.07, 6.45) is 3.17. The van der Waals surface area contributed by atoms with Gasteiger partial charge in [-0.25, -0.2) is 9.97 Å². The minimum absolute atomic E-state index is 0.0476. The maximum atomic E-state index is 12.4. The maximum absolute atomic E-state index is 12.4. The molecule has 0 aliphatic carbocycles. The first kappa shape index (κ1) is 13.7. The van der Waals surface area contributed by atoms with Gasteiger partial charge in [0.05, 0.1) is 25.3 Å². The minimum atomic E-state index is -0.0476. The molecule has 2 aliphatic heterocycles. The van der Waals surface area contributed by atoms with Crippen LogP contribution >= 0.6 is 11.3 Å². The van der Waals surface area contributed by atoms with E-state index in [1.807, 2.05) is 0 Å². The van der Waals surface area contributed by atoms with Crippen LogP contribution < -0.4 is 5.73 Å². The van der Waals surface area contributed by atoms with Crippen LogP contribution in [0, 0.1) is 0 Å². The van der Waals surface area contributed by atoms with Crippen molar-refractivity contribution >= 4 is 22.4 Å². The summed E-state index contributed by atoms with van der Waals surface area (Å²) in [4.78, 5) is 23.3. The van der Waals surface area contributed by atoms with E-state index < -0.39 is 0 Å². The van der Waals surface area contributed by atoms with Crippen LogP contribution in [0.5, 0.6) is 0 Å². The molecule has 0 aromatic carbocycles. The third kappa shape index (κ3) is 2.38. The van der Waals surface area contributed by atoms with Crippen molar-refractivity contribution in [3.8, 4) is 0 Å². The fourth-order valence-corrected chi connectivity index (χ4v) is 3.49. The summed E-state index contributed by atoms with van der Waals surface area (Å²) in [6, 6.07) is 0. The summed E-state index contributed by atoms with van der Waals surface area (Å²) in [6.45, 7) is 2.53. The molecule has 1 fully saturated rings. The smallest absolute Gasteiger partial charge is 0.266 e. The molecule has 116 valence electrons. The number of fused-ring (bicyclic) bond motifs is 1. The molecule has 0 radical (unpaired) electrons. The van der Waals surface area contributed by atoms with Gasteiger partial charge in [0.2, 0.25) is 0 Å². The zero-order valence-electron chi connectivity index (χ0n) is 11.9. The maximum Gasteiger partial charge on any atom is 0.266 e. The van der Waals surface area contributed by atoms with Crippen molar-refractivity contribution in [3.63, 3.8) is 0 Å². The Balaban J connectivity index is 1.52. The lowest BCUT2D eigenvalue weighted by atomic mass is 10.1. The van der Waals surface area contributed by atoms with E-state index in [1.165, 1.54) is 17.5 Å². The van der Waals surface area contributed by atoms with E-state index in [9.17, 15) is 4.79 Å². The molecule has 7 nitrogen and oxygen atoms in total. The number of oxazole rings is 1. The van der Waals surface area contributed by atoms with Gasteiger partial charge in [0.1, 0.15) is 16.3 Å². The third-order valence-electron chi connectivity index (χ3n) is 4.04. The molecule has 4 heterocycles. The second-order valence-electron chi connectivity index (χ2n) is 5.52. The van der Waals surface area contributed by atoms with Gasteiger partial charge >= 0.3 is 0 Å². The number of nitrogens with zero attached hydrogens (tertiary/aromatic N) is 3. The van der Waals surface area contributed by atoms with E-state index in [0.29, 0.717) is 36.1 Å². The average molecular weight is 320 g/mol. The molecule has 0 bridgehead atoms. The van der Waals surface area contributed by atoms with Crippen LogP contribution in [-0.2, 0) is 17.7 Å². The van der Waals surface area contributed by atoms with Crippen molar-refractivity contribution in [1.29, 1.82) is 0 Å². The summed E-state index contributed by atoms with van der Waals surface area (Å²) >= 11 is 1.21. The molecular formula is C14H16N4O3S. The molecule has 1 amide bonds. The van der Waals surface area contributed by atoms with Gasteiger partial charge in [0.25, 0.3) is 5.91 Å². The topological polar surface area (TPSA) is 94.5 Å². The summed E-state index contributed by atoms with van der Waals surface area (Å²) in [5, 5.41) is 0.408. The Bertz CT molecular complexity index is 705. The number of rotatable bonds is 2. The standard InChI is InChI=1S/C14H16N4O3S/c15-14-16-5-11(22-14)13(19)18-3-1-10-9(6-18)17-12(21-10)8-2-4-20-7-8/h5,8H,1-4,6-7H2,(H2,15,16). The van der Waals surface area contributed by atoms with Crippen LogP contribution in [0.3, 0.4) is 0 Å². The average Bonchev–Trinajstić information content (AvgIpc) is 3.25. The fourth-order valence-electron chi connectivity index (χ4n) is 2.84. The predicted molar refractivity (Wildman–Crippen MR) is 79.7 cm³/mol. The van der Waals surface area contributed by atoms with Crippen molar-refractivity contribution in [2.75, 3.05) is 25.5 Å². The van der Waals surface area contributed by atoms with Crippen LogP contribution in [0.2, 0.25) is 0 Å². The van der Waals surface area contributed by atoms with E-state index in [2.05, 4.69) is 9.97 Å². The Kier molecular flexibility index (Phi) is 3.34. The Morgan fingerprint density at radius 1 is 1.50 bits per heavy atom. The van der Waals surface area contributed by atoms with Crippen LogP contribution in [0.1, 0.15) is 39.4 Å². The molecule has 1 atom stereocenters. The van der Waals surface area contributed by atoms with Crippen molar-refractivity contribution < 1.29 is 13.9 Å². The quantitative estimate of drug-likeness (QED) is 0.899. The first-order valence-corrected chi connectivity index (χ1v) is 8.09. The SMILES string of the molecule is Nc1ncc(C(=O)N2CCc3oc(C4CCOC4)nc3C2)s1. The van der Waals surface area contributed by atoms with Gasteiger partial charge < -0.3 is 19.8 Å². The zero-order valence-corrected chi connectivity index (χ0v) is 12.8. The molecule has 2 aromatic heterocycles. The lowest BCUT2D eigenvalue weighted by Gasteiger charge is -2.24. The van der Waals surface area contributed by atoms with Gasteiger partial charge in [-0.15, -0.1) is 0 Å². The van der Waals surface area contributed by atoms with Crippen LogP contribution in [0.15, 0.2) is 10.6 Å². The number of anilines is 1. The highest BCUT2D eigenvalue weighted by molar-refractivity contribution is 7.17. The zero-order chi connectivity index (χ0) is 15.1. The van der Waals surface area contributed by atoms with Crippen molar-refractivity contribution in [1.82, 2.24) is 14.9 Å². The summed E-state index contributed by atoms with van der Waals surface area (Å²) in [5.74, 6) is 1.85. The number of hydrogen-bond acceptors (Lipinski definition) is 7. The lowest BCUT2D eigenvalue weighted by Crippen LogP contribution is -2.35. The highest BCUT2D eigenvalue weighted by atomic mass is 32.1. The number of aromatic nitrogens is 2. The monoisotopic (exact) mass is 320 g/mol. The molecule has 22 heavy (non-hydrogen) atoms. The molecule has 1 unspecified atom stereocenters. The number of carbonyl (C=O) groups is 1. The van der Waals surface area contributed by atoms with Crippen LogP contribution in [-0.4, -0.2) is 40.5 Å². The Hall–Kier alpha value is -1.93. The molecule has 1 saturated heterocycles. The normalized spacial score (nSPS) is 21.1. The highest BCUT2D eigenvalue weighted by Crippen LogP contribution is 2.29. The Morgan fingerprint density at radius 3 is 3.14 bits per heavy atom. The summed E-state index contributed by atoms with van der Waals surface area (Å²) < 4.78 is 11.3. The summed E-state index contributed by atoms with van der Waals surface area (Å²) in [7, 11) is 0. The fraction of sp³-hybridized carbons (Fsp3) is 0.500. The molecular weight excluding hydrogens is 304 g/mol. The van der Waals surface area contributed by atoms with Crippen molar-refractivity contribution in [2.24, 2.45) is 0 Å². The van der Waals surface area contributed by atoms with Gasteiger partial charge in [-0.1, -0.05) is 11.3 Å². The van der Waals surface area contributed by atoms with E-state index in [4.69, 9.17) is 14.9 Å². The number of ether oxygens (including phenoxy) is 1. The largest absolute Gasteiger partial charge is 0.445 e. The van der Waals surface area contributed by atoms with Crippen LogP contribution in [0.25, 0.3) is 0 Å². The van der Waals surface area contributed by atoms with Crippen molar-refractivity contribution in [2.45, 2.75) is 25.3 Å². The first-order valence-electron chi connectivity index (χ1n) is 7.27. The molecule has 0 spiro atoms. The molecule has 4 rings (SSSR count). The minimum Gasteiger partial charge on any atom is -0.445 e. The first-order chi connectivity index (χ1) is 10.7. The number of amides is 1. The molecule has 2 aliphatic rings. The van der Waals surface area contributed by atoms with Gasteiger partial charge in [0.15, 0.2) is 11.0 Å². The predicted octanol–water partition coefficient (Wildman–Crippen LogP) is 1.42.